The zero-order valence-electron chi connectivity index (χ0n) is 11.9. The highest BCUT2D eigenvalue weighted by Gasteiger charge is 2.26. The largest absolute Gasteiger partial charge is 0.476 e. The fourth-order valence-electron chi connectivity index (χ4n) is 2.87. The van der Waals surface area contributed by atoms with Gasteiger partial charge < -0.3 is 10.4 Å². The molecule has 1 fully saturated rings. The van der Waals surface area contributed by atoms with Crippen molar-refractivity contribution in [2.75, 3.05) is 5.32 Å². The van der Waals surface area contributed by atoms with Gasteiger partial charge in [0.1, 0.15) is 11.6 Å². The summed E-state index contributed by atoms with van der Waals surface area (Å²) >= 11 is 0. The summed E-state index contributed by atoms with van der Waals surface area (Å²) < 4.78 is 13.0. The van der Waals surface area contributed by atoms with Gasteiger partial charge >= 0.3 is 5.97 Å². The number of aromatic nitrogens is 2. The van der Waals surface area contributed by atoms with E-state index in [2.05, 4.69) is 15.3 Å². The van der Waals surface area contributed by atoms with E-state index < -0.39 is 5.97 Å². The number of nitrogens with zero attached hydrogens (tertiary/aromatic N) is 2. The summed E-state index contributed by atoms with van der Waals surface area (Å²) in [6, 6.07) is 6.92. The molecule has 0 amide bonds. The molecule has 0 saturated heterocycles. The smallest absolute Gasteiger partial charge is 0.356 e. The van der Waals surface area contributed by atoms with Gasteiger partial charge in [-0.3, -0.25) is 0 Å². The lowest BCUT2D eigenvalue weighted by Crippen LogP contribution is -2.17. The number of hydrogen-bond acceptors (Lipinski definition) is 4. The summed E-state index contributed by atoms with van der Waals surface area (Å²) in [6.45, 7) is 0. The first kappa shape index (κ1) is 14.4. The minimum Gasteiger partial charge on any atom is -0.476 e. The van der Waals surface area contributed by atoms with Crippen molar-refractivity contribution in [3.63, 3.8) is 0 Å². The summed E-state index contributed by atoms with van der Waals surface area (Å²) in [7, 11) is 0. The first-order chi connectivity index (χ1) is 10.6. The number of carbonyl (C=O) groups is 1. The SMILES string of the molecule is O=C(O)c1cnc(NC2CCC(c3ccc(F)cc3)C2)cn1. The Labute approximate surface area is 127 Å². The lowest BCUT2D eigenvalue weighted by Gasteiger charge is -2.14. The van der Waals surface area contributed by atoms with Gasteiger partial charge in [0.2, 0.25) is 0 Å². The Bertz CT molecular complexity index is 658. The molecule has 1 saturated carbocycles. The van der Waals surface area contributed by atoms with Crippen LogP contribution in [0.4, 0.5) is 10.2 Å². The zero-order valence-corrected chi connectivity index (χ0v) is 11.9. The Kier molecular flexibility index (Phi) is 4.00. The highest BCUT2D eigenvalue weighted by Crippen LogP contribution is 2.35. The number of anilines is 1. The van der Waals surface area contributed by atoms with Crippen LogP contribution in [0, 0.1) is 5.82 Å². The molecule has 0 aliphatic heterocycles. The summed E-state index contributed by atoms with van der Waals surface area (Å²) in [6.07, 6.45) is 5.65. The lowest BCUT2D eigenvalue weighted by molar-refractivity contribution is 0.0690. The third-order valence-electron chi connectivity index (χ3n) is 4.00. The fraction of sp³-hybridized carbons (Fsp3) is 0.312. The maximum Gasteiger partial charge on any atom is 0.356 e. The molecule has 0 radical (unpaired) electrons. The number of benzene rings is 1. The van der Waals surface area contributed by atoms with E-state index in [0.717, 1.165) is 24.8 Å². The highest BCUT2D eigenvalue weighted by atomic mass is 19.1. The average molecular weight is 301 g/mol. The molecule has 1 aliphatic carbocycles. The van der Waals surface area contributed by atoms with Crippen LogP contribution < -0.4 is 5.32 Å². The molecule has 0 spiro atoms. The average Bonchev–Trinajstić information content (AvgIpc) is 2.97. The molecule has 22 heavy (non-hydrogen) atoms. The van der Waals surface area contributed by atoms with E-state index in [4.69, 9.17) is 5.11 Å². The van der Waals surface area contributed by atoms with Crippen molar-refractivity contribution in [3.05, 3.63) is 53.7 Å². The van der Waals surface area contributed by atoms with Gasteiger partial charge in [0.05, 0.1) is 12.4 Å². The number of hydrogen-bond donors (Lipinski definition) is 2. The minimum absolute atomic E-state index is 0.0684. The van der Waals surface area contributed by atoms with Crippen molar-refractivity contribution in [3.8, 4) is 0 Å². The number of halogens is 1. The van der Waals surface area contributed by atoms with Crippen LogP contribution in [0.2, 0.25) is 0 Å². The van der Waals surface area contributed by atoms with E-state index in [1.54, 1.807) is 0 Å². The molecule has 2 aromatic rings. The first-order valence-electron chi connectivity index (χ1n) is 7.19. The molecule has 1 aromatic carbocycles. The molecule has 114 valence electrons. The van der Waals surface area contributed by atoms with E-state index in [0.29, 0.717) is 11.7 Å². The molecular weight excluding hydrogens is 285 g/mol. The van der Waals surface area contributed by atoms with Crippen LogP contribution in [0.15, 0.2) is 36.7 Å². The van der Waals surface area contributed by atoms with Gasteiger partial charge in [-0.05, 0) is 42.9 Å². The van der Waals surface area contributed by atoms with Crippen molar-refractivity contribution in [1.82, 2.24) is 9.97 Å². The topological polar surface area (TPSA) is 75.1 Å². The van der Waals surface area contributed by atoms with E-state index in [1.165, 1.54) is 24.5 Å². The van der Waals surface area contributed by atoms with Gasteiger partial charge in [0.15, 0.2) is 5.69 Å². The molecule has 6 heteroatoms. The number of aromatic carboxylic acids is 1. The standard InChI is InChI=1S/C16H16FN3O2/c17-12-4-1-10(2-5-12)11-3-6-13(7-11)20-15-9-18-14(8-19-15)16(21)22/h1-2,4-5,8-9,11,13H,3,6-7H2,(H,19,20)(H,21,22). The Hall–Kier alpha value is -2.50. The molecule has 3 rings (SSSR count). The Balaban J connectivity index is 1.61. The van der Waals surface area contributed by atoms with E-state index in [-0.39, 0.29) is 17.6 Å². The molecular formula is C16H16FN3O2. The number of carboxylic acids is 1. The van der Waals surface area contributed by atoms with Gasteiger partial charge in [-0.2, -0.15) is 0 Å². The molecule has 2 atom stereocenters. The Morgan fingerprint density at radius 3 is 2.59 bits per heavy atom. The van der Waals surface area contributed by atoms with E-state index >= 15 is 0 Å². The Morgan fingerprint density at radius 2 is 1.95 bits per heavy atom. The third kappa shape index (κ3) is 3.21. The van der Waals surface area contributed by atoms with E-state index in [1.807, 2.05) is 12.1 Å². The van der Waals surface area contributed by atoms with Crippen LogP contribution in [0.5, 0.6) is 0 Å². The van der Waals surface area contributed by atoms with Crippen molar-refractivity contribution >= 4 is 11.8 Å². The van der Waals surface area contributed by atoms with E-state index in [9.17, 15) is 9.18 Å². The zero-order chi connectivity index (χ0) is 15.5. The third-order valence-corrected chi connectivity index (χ3v) is 4.00. The van der Waals surface area contributed by atoms with Gasteiger partial charge in [-0.1, -0.05) is 12.1 Å². The summed E-state index contributed by atoms with van der Waals surface area (Å²) in [5.41, 5.74) is 1.08. The molecule has 1 aromatic heterocycles. The molecule has 1 heterocycles. The minimum atomic E-state index is -1.09. The normalized spacial score (nSPS) is 20.8. The molecule has 1 aliphatic rings. The molecule has 5 nitrogen and oxygen atoms in total. The van der Waals surface area contributed by atoms with Crippen molar-refractivity contribution in [2.45, 2.75) is 31.2 Å². The second-order valence-corrected chi connectivity index (χ2v) is 5.49. The molecule has 0 bridgehead atoms. The van der Waals surface area contributed by atoms with Crippen LogP contribution in [0.3, 0.4) is 0 Å². The summed E-state index contributed by atoms with van der Waals surface area (Å²) in [5, 5.41) is 12.1. The van der Waals surface area contributed by atoms with Crippen molar-refractivity contribution in [1.29, 1.82) is 0 Å². The molecule has 2 unspecified atom stereocenters. The predicted octanol–water partition coefficient (Wildman–Crippen LogP) is 3.06. The predicted molar refractivity (Wildman–Crippen MR) is 79.4 cm³/mol. The second-order valence-electron chi connectivity index (χ2n) is 5.49. The van der Waals surface area contributed by atoms with Crippen molar-refractivity contribution < 1.29 is 14.3 Å². The van der Waals surface area contributed by atoms with Crippen LogP contribution in [-0.2, 0) is 0 Å². The molecule has 2 N–H and O–H groups in total. The number of rotatable bonds is 4. The lowest BCUT2D eigenvalue weighted by atomic mass is 9.97. The van der Waals surface area contributed by atoms with Crippen LogP contribution in [-0.4, -0.2) is 27.1 Å². The number of carboxylic acid groups (broad SMARTS) is 1. The van der Waals surface area contributed by atoms with Crippen molar-refractivity contribution in [2.24, 2.45) is 0 Å². The Morgan fingerprint density at radius 1 is 1.18 bits per heavy atom. The summed E-state index contributed by atoms with van der Waals surface area (Å²) in [4.78, 5) is 18.6. The van der Waals surface area contributed by atoms with Gasteiger partial charge in [-0.15, -0.1) is 0 Å². The maximum atomic E-state index is 13.0. The van der Waals surface area contributed by atoms with Gasteiger partial charge in [0.25, 0.3) is 0 Å². The highest BCUT2D eigenvalue weighted by molar-refractivity contribution is 5.84. The van der Waals surface area contributed by atoms with Gasteiger partial charge in [0, 0.05) is 6.04 Å². The van der Waals surface area contributed by atoms with Crippen LogP contribution in [0.1, 0.15) is 41.2 Å². The number of nitrogens with one attached hydrogen (secondary N) is 1. The maximum absolute atomic E-state index is 13.0. The second kappa shape index (κ2) is 6.09. The quantitative estimate of drug-likeness (QED) is 0.907. The van der Waals surface area contributed by atoms with Gasteiger partial charge in [-0.25, -0.2) is 19.2 Å². The fourth-order valence-corrected chi connectivity index (χ4v) is 2.87. The van der Waals surface area contributed by atoms with Crippen LogP contribution >= 0.6 is 0 Å². The first-order valence-corrected chi connectivity index (χ1v) is 7.19. The monoisotopic (exact) mass is 301 g/mol. The van der Waals surface area contributed by atoms with Crippen LogP contribution in [0.25, 0.3) is 0 Å². The summed E-state index contributed by atoms with van der Waals surface area (Å²) in [5.74, 6) is -0.319.